The predicted octanol–water partition coefficient (Wildman–Crippen LogP) is 0.659. The summed E-state index contributed by atoms with van der Waals surface area (Å²) in [6, 6.07) is 2.19. The highest BCUT2D eigenvalue weighted by Crippen LogP contribution is 2.53. The molecular formula is C13H15NO4. The van der Waals surface area contributed by atoms with Crippen molar-refractivity contribution in [3.8, 4) is 6.07 Å². The molecule has 4 rings (SSSR count). The van der Waals surface area contributed by atoms with Crippen LogP contribution in [0.3, 0.4) is 0 Å². The number of carbonyl (C=O) groups excluding carboxylic acids is 1. The van der Waals surface area contributed by atoms with Crippen LogP contribution in [0.5, 0.6) is 0 Å². The summed E-state index contributed by atoms with van der Waals surface area (Å²) in [6.45, 7) is 0.631. The molecule has 4 aliphatic rings. The molecule has 4 atom stereocenters. The first-order valence-electron chi connectivity index (χ1n) is 6.07. The number of fused-ring (bicyclic) bond motifs is 1. The maximum Gasteiger partial charge on any atom is 0.237 e. The van der Waals surface area contributed by atoms with Crippen LogP contribution in [-0.4, -0.2) is 38.5 Å². The van der Waals surface area contributed by atoms with Gasteiger partial charge in [0.2, 0.25) is 11.6 Å². The number of hydrogen-bond acceptors (Lipinski definition) is 5. The fourth-order valence-electron chi connectivity index (χ4n) is 3.72. The summed E-state index contributed by atoms with van der Waals surface area (Å²) >= 11 is 0. The quantitative estimate of drug-likeness (QED) is 0.672. The van der Waals surface area contributed by atoms with Gasteiger partial charge >= 0.3 is 0 Å². The van der Waals surface area contributed by atoms with E-state index < -0.39 is 11.7 Å². The number of ketones is 1. The van der Waals surface area contributed by atoms with Crippen molar-refractivity contribution in [1.29, 1.82) is 5.26 Å². The van der Waals surface area contributed by atoms with Crippen LogP contribution < -0.4 is 0 Å². The monoisotopic (exact) mass is 249 g/mol. The number of nitrogens with zero attached hydrogens (tertiary/aromatic N) is 1. The van der Waals surface area contributed by atoms with Gasteiger partial charge in [-0.05, 0) is 6.42 Å². The van der Waals surface area contributed by atoms with Gasteiger partial charge < -0.3 is 14.2 Å². The fourth-order valence-corrected chi connectivity index (χ4v) is 3.72. The van der Waals surface area contributed by atoms with E-state index in [4.69, 9.17) is 14.2 Å². The van der Waals surface area contributed by atoms with Crippen molar-refractivity contribution in [2.24, 2.45) is 17.8 Å². The molecule has 96 valence electrons. The molecule has 5 heteroatoms. The van der Waals surface area contributed by atoms with E-state index in [2.05, 4.69) is 6.07 Å². The van der Waals surface area contributed by atoms with Gasteiger partial charge in [-0.25, -0.2) is 0 Å². The molecule has 0 aromatic carbocycles. The number of Topliss-reactive ketones (excluding diaryl/α,β-unsaturated/α-hetero) is 1. The summed E-state index contributed by atoms with van der Waals surface area (Å²) < 4.78 is 16.4. The van der Waals surface area contributed by atoms with Crippen molar-refractivity contribution >= 4 is 5.78 Å². The van der Waals surface area contributed by atoms with E-state index in [1.165, 1.54) is 14.2 Å². The molecule has 1 saturated carbocycles. The molecule has 18 heavy (non-hydrogen) atoms. The minimum Gasteiger partial charge on any atom is -0.377 e. The van der Waals surface area contributed by atoms with Crippen LogP contribution in [0.1, 0.15) is 6.42 Å². The van der Waals surface area contributed by atoms with Gasteiger partial charge in [0.15, 0.2) is 0 Å². The lowest BCUT2D eigenvalue weighted by Gasteiger charge is -2.51. The third-order valence-electron chi connectivity index (χ3n) is 4.45. The molecule has 0 spiro atoms. The maximum atomic E-state index is 12.5. The number of rotatable bonds is 2. The lowest BCUT2D eigenvalue weighted by molar-refractivity contribution is -0.251. The van der Waals surface area contributed by atoms with Gasteiger partial charge in [0.25, 0.3) is 0 Å². The minimum absolute atomic E-state index is 0.113. The Hall–Kier alpha value is -1.22. The molecule has 1 saturated heterocycles. The van der Waals surface area contributed by atoms with E-state index >= 15 is 0 Å². The molecule has 0 unspecified atom stereocenters. The number of ether oxygens (including phenoxy) is 3. The molecule has 0 aromatic rings. The molecule has 0 N–H and O–H groups in total. The van der Waals surface area contributed by atoms with Crippen molar-refractivity contribution in [1.82, 2.24) is 0 Å². The first-order chi connectivity index (χ1) is 8.69. The van der Waals surface area contributed by atoms with Crippen molar-refractivity contribution in [3.05, 3.63) is 11.6 Å². The van der Waals surface area contributed by atoms with Crippen molar-refractivity contribution in [3.63, 3.8) is 0 Å². The molecule has 1 heterocycles. The third-order valence-corrected chi connectivity index (χ3v) is 4.45. The van der Waals surface area contributed by atoms with Gasteiger partial charge in [0.05, 0.1) is 24.0 Å². The van der Waals surface area contributed by atoms with Gasteiger partial charge in [-0.2, -0.15) is 5.26 Å². The predicted molar refractivity (Wildman–Crippen MR) is 60.3 cm³/mol. The number of carbonyl (C=O) groups is 1. The lowest BCUT2D eigenvalue weighted by Crippen LogP contribution is -2.64. The Morgan fingerprint density at radius 2 is 2.22 bits per heavy atom. The normalized spacial score (nSPS) is 40.3. The van der Waals surface area contributed by atoms with Crippen LogP contribution in [0, 0.1) is 29.1 Å². The molecule has 5 nitrogen and oxygen atoms in total. The summed E-state index contributed by atoms with van der Waals surface area (Å²) in [7, 11) is 2.92. The number of hydrogen-bond donors (Lipinski definition) is 0. The van der Waals surface area contributed by atoms with E-state index in [-0.39, 0.29) is 23.7 Å². The van der Waals surface area contributed by atoms with Crippen LogP contribution in [0.25, 0.3) is 0 Å². The third kappa shape index (κ3) is 1.18. The Morgan fingerprint density at radius 1 is 1.50 bits per heavy atom. The Balaban J connectivity index is 2.15. The topological polar surface area (TPSA) is 68.5 Å². The average Bonchev–Trinajstić information content (AvgIpc) is 2.89. The van der Waals surface area contributed by atoms with Crippen LogP contribution in [0.4, 0.5) is 0 Å². The summed E-state index contributed by atoms with van der Waals surface area (Å²) in [5, 5.41) is 9.26. The largest absolute Gasteiger partial charge is 0.377 e. The highest BCUT2D eigenvalue weighted by atomic mass is 16.7. The fraction of sp³-hybridized carbons (Fsp3) is 0.692. The second-order valence-electron chi connectivity index (χ2n) is 4.97. The molecule has 0 aromatic heterocycles. The Morgan fingerprint density at radius 3 is 2.83 bits per heavy atom. The molecule has 1 aliphatic heterocycles. The minimum atomic E-state index is -1.31. The van der Waals surface area contributed by atoms with E-state index in [1.54, 1.807) is 6.08 Å². The van der Waals surface area contributed by atoms with Crippen molar-refractivity contribution in [2.45, 2.75) is 18.3 Å². The molecule has 3 aliphatic carbocycles. The highest BCUT2D eigenvalue weighted by molar-refractivity contribution is 5.94. The van der Waals surface area contributed by atoms with Gasteiger partial charge in [-0.15, -0.1) is 0 Å². The second-order valence-corrected chi connectivity index (χ2v) is 4.97. The van der Waals surface area contributed by atoms with Crippen molar-refractivity contribution < 1.29 is 19.0 Å². The van der Waals surface area contributed by atoms with E-state index in [1.807, 2.05) is 0 Å². The Labute approximate surface area is 105 Å². The first kappa shape index (κ1) is 11.8. The number of methoxy groups -OCH3 is 2. The summed E-state index contributed by atoms with van der Waals surface area (Å²) in [6.07, 6.45) is 2.46. The molecule has 0 amide bonds. The Kier molecular flexibility index (Phi) is 2.56. The number of nitriles is 1. The van der Waals surface area contributed by atoms with Crippen LogP contribution >= 0.6 is 0 Å². The lowest BCUT2D eigenvalue weighted by atomic mass is 9.59. The van der Waals surface area contributed by atoms with Gasteiger partial charge in [0.1, 0.15) is 0 Å². The first-order valence-corrected chi connectivity index (χ1v) is 6.07. The molecule has 2 fully saturated rings. The molecular weight excluding hydrogens is 234 g/mol. The summed E-state index contributed by atoms with van der Waals surface area (Å²) in [4.78, 5) is 12.5. The summed E-state index contributed by atoms with van der Waals surface area (Å²) in [5.74, 6) is -2.06. The summed E-state index contributed by atoms with van der Waals surface area (Å²) in [5.41, 5.74) is 0.593. The maximum absolute atomic E-state index is 12.5. The smallest absolute Gasteiger partial charge is 0.237 e. The van der Waals surface area contributed by atoms with Gasteiger partial charge in [0, 0.05) is 32.3 Å². The SMILES string of the molecule is COC1(OC)C(=O)[C@H]2C=C(C#N)[C@@H]1[C@@H]1CCO[C@@H]12. The zero-order valence-electron chi connectivity index (χ0n) is 10.4. The standard InChI is InChI=1S/C13H15NO4/c1-16-13(17-2)10-7(6-14)5-9(12(13)15)11-8(10)3-4-18-11/h5,8-11H,3-4H2,1-2H3/t8-,9-,10+,11-/m0/s1. The van der Waals surface area contributed by atoms with Crippen LogP contribution in [0.2, 0.25) is 0 Å². The van der Waals surface area contributed by atoms with E-state index in [0.29, 0.717) is 12.2 Å². The second kappa shape index (κ2) is 3.89. The van der Waals surface area contributed by atoms with Crippen LogP contribution in [-0.2, 0) is 19.0 Å². The van der Waals surface area contributed by atoms with E-state index in [0.717, 1.165) is 6.42 Å². The van der Waals surface area contributed by atoms with Gasteiger partial charge in [-0.1, -0.05) is 6.08 Å². The van der Waals surface area contributed by atoms with Gasteiger partial charge in [-0.3, -0.25) is 4.79 Å². The highest BCUT2D eigenvalue weighted by Gasteiger charge is 2.65. The average molecular weight is 249 g/mol. The molecule has 2 bridgehead atoms. The zero-order valence-corrected chi connectivity index (χ0v) is 10.4. The Bertz CT molecular complexity index is 460. The van der Waals surface area contributed by atoms with Crippen molar-refractivity contribution in [2.75, 3.05) is 20.8 Å². The molecule has 0 radical (unpaired) electrons. The van der Waals surface area contributed by atoms with Crippen LogP contribution in [0.15, 0.2) is 11.6 Å². The van der Waals surface area contributed by atoms with E-state index in [9.17, 15) is 10.1 Å². The zero-order chi connectivity index (χ0) is 12.9.